The van der Waals surface area contributed by atoms with Crippen molar-refractivity contribution in [2.24, 2.45) is 5.92 Å². The van der Waals surface area contributed by atoms with Crippen LogP contribution < -0.4 is 10.6 Å². The Labute approximate surface area is 157 Å². The Morgan fingerprint density at radius 3 is 2.44 bits per heavy atom. The van der Waals surface area contributed by atoms with Gasteiger partial charge in [-0.05, 0) is 29.8 Å². The molecule has 0 radical (unpaired) electrons. The minimum Gasteiger partial charge on any atom is -0.347 e. The van der Waals surface area contributed by atoms with E-state index in [1.54, 1.807) is 37.0 Å². The summed E-state index contributed by atoms with van der Waals surface area (Å²) in [5, 5.41) is 10.0. The molecule has 0 saturated carbocycles. The molecule has 2 N–H and O–H groups in total. The van der Waals surface area contributed by atoms with Crippen molar-refractivity contribution in [3.63, 3.8) is 0 Å². The fourth-order valence-electron chi connectivity index (χ4n) is 2.39. The van der Waals surface area contributed by atoms with Gasteiger partial charge < -0.3 is 10.6 Å². The van der Waals surface area contributed by atoms with Crippen molar-refractivity contribution in [2.75, 3.05) is 5.32 Å². The van der Waals surface area contributed by atoms with Gasteiger partial charge in [0.2, 0.25) is 5.91 Å². The minimum absolute atomic E-state index is 0.143. The molecule has 27 heavy (non-hydrogen) atoms. The zero-order valence-corrected chi connectivity index (χ0v) is 15.2. The molecular weight excluding hydrogens is 342 g/mol. The quantitative estimate of drug-likeness (QED) is 0.705. The SMILES string of the molecule is CC(C)C(=O)Nc1cc(C(=O)NCc2ccncc2)nn1-c1ccccc1. The number of carbonyl (C=O) groups is 2. The van der Waals surface area contributed by atoms with E-state index in [-0.39, 0.29) is 23.4 Å². The highest BCUT2D eigenvalue weighted by Crippen LogP contribution is 2.18. The maximum atomic E-state index is 12.5. The molecule has 0 bridgehead atoms. The van der Waals surface area contributed by atoms with Crippen molar-refractivity contribution < 1.29 is 9.59 Å². The molecule has 3 rings (SSSR count). The summed E-state index contributed by atoms with van der Waals surface area (Å²) < 4.78 is 1.56. The summed E-state index contributed by atoms with van der Waals surface area (Å²) in [7, 11) is 0. The normalized spacial score (nSPS) is 10.6. The maximum absolute atomic E-state index is 12.5. The topological polar surface area (TPSA) is 88.9 Å². The van der Waals surface area contributed by atoms with E-state index in [0.717, 1.165) is 11.3 Å². The van der Waals surface area contributed by atoms with Crippen molar-refractivity contribution in [1.82, 2.24) is 20.1 Å². The molecule has 0 atom stereocenters. The van der Waals surface area contributed by atoms with Crippen LogP contribution in [-0.4, -0.2) is 26.6 Å². The van der Waals surface area contributed by atoms with Crippen LogP contribution in [0.3, 0.4) is 0 Å². The fraction of sp³-hybridized carbons (Fsp3) is 0.200. The Balaban J connectivity index is 1.84. The molecule has 0 fully saturated rings. The number of aromatic nitrogens is 3. The number of anilines is 1. The van der Waals surface area contributed by atoms with Gasteiger partial charge in [-0.15, -0.1) is 0 Å². The van der Waals surface area contributed by atoms with Gasteiger partial charge >= 0.3 is 0 Å². The zero-order chi connectivity index (χ0) is 19.2. The van der Waals surface area contributed by atoms with Crippen LogP contribution in [0, 0.1) is 5.92 Å². The average molecular weight is 363 g/mol. The third-order valence-electron chi connectivity index (χ3n) is 3.92. The first-order valence-electron chi connectivity index (χ1n) is 8.68. The van der Waals surface area contributed by atoms with E-state index in [9.17, 15) is 9.59 Å². The summed E-state index contributed by atoms with van der Waals surface area (Å²) >= 11 is 0. The standard InChI is InChI=1S/C20H21N5O2/c1-14(2)19(26)23-18-12-17(24-25(18)16-6-4-3-5-7-16)20(27)22-13-15-8-10-21-11-9-15/h3-12,14H,13H2,1-2H3,(H,22,27)(H,23,26). The Hall–Kier alpha value is -3.48. The van der Waals surface area contributed by atoms with Crippen LogP contribution in [0.5, 0.6) is 0 Å². The number of nitrogens with one attached hydrogen (secondary N) is 2. The van der Waals surface area contributed by atoms with Gasteiger partial charge in [-0.2, -0.15) is 5.10 Å². The van der Waals surface area contributed by atoms with Crippen molar-refractivity contribution in [3.05, 3.63) is 72.2 Å². The molecule has 7 nitrogen and oxygen atoms in total. The number of para-hydroxylation sites is 1. The maximum Gasteiger partial charge on any atom is 0.272 e. The summed E-state index contributed by atoms with van der Waals surface area (Å²) in [6.45, 7) is 3.98. The van der Waals surface area contributed by atoms with E-state index in [0.29, 0.717) is 12.4 Å². The third-order valence-corrected chi connectivity index (χ3v) is 3.92. The monoisotopic (exact) mass is 363 g/mol. The lowest BCUT2D eigenvalue weighted by Gasteiger charge is -2.10. The van der Waals surface area contributed by atoms with Gasteiger partial charge in [-0.3, -0.25) is 14.6 Å². The number of benzene rings is 1. The van der Waals surface area contributed by atoms with Gasteiger partial charge in [0.05, 0.1) is 5.69 Å². The number of pyridine rings is 1. The van der Waals surface area contributed by atoms with E-state index in [1.807, 2.05) is 42.5 Å². The predicted molar refractivity (Wildman–Crippen MR) is 102 cm³/mol. The highest BCUT2D eigenvalue weighted by Gasteiger charge is 2.18. The van der Waals surface area contributed by atoms with Crippen molar-refractivity contribution in [1.29, 1.82) is 0 Å². The second-order valence-electron chi connectivity index (χ2n) is 6.34. The number of carbonyl (C=O) groups excluding carboxylic acids is 2. The number of hydrogen-bond acceptors (Lipinski definition) is 4. The van der Waals surface area contributed by atoms with Crippen LogP contribution in [-0.2, 0) is 11.3 Å². The van der Waals surface area contributed by atoms with Gasteiger partial charge in [0, 0.05) is 30.9 Å². The van der Waals surface area contributed by atoms with Crippen molar-refractivity contribution >= 4 is 17.6 Å². The van der Waals surface area contributed by atoms with Crippen LogP contribution in [0.2, 0.25) is 0 Å². The van der Waals surface area contributed by atoms with Crippen molar-refractivity contribution in [3.8, 4) is 5.69 Å². The van der Waals surface area contributed by atoms with Gasteiger partial charge in [0.25, 0.3) is 5.91 Å². The molecule has 1 aromatic carbocycles. The first kappa shape index (κ1) is 18.3. The average Bonchev–Trinajstić information content (AvgIpc) is 3.11. The summed E-state index contributed by atoms with van der Waals surface area (Å²) in [6, 6.07) is 14.6. The molecule has 138 valence electrons. The predicted octanol–water partition coefficient (Wildman–Crippen LogP) is 2.79. The fourth-order valence-corrected chi connectivity index (χ4v) is 2.39. The largest absolute Gasteiger partial charge is 0.347 e. The van der Waals surface area contributed by atoms with Gasteiger partial charge in [-0.1, -0.05) is 32.0 Å². The molecular formula is C20H21N5O2. The smallest absolute Gasteiger partial charge is 0.272 e. The van der Waals surface area contributed by atoms with E-state index in [4.69, 9.17) is 0 Å². The van der Waals surface area contributed by atoms with Crippen LogP contribution >= 0.6 is 0 Å². The van der Waals surface area contributed by atoms with Gasteiger partial charge in [0.15, 0.2) is 5.69 Å². The lowest BCUT2D eigenvalue weighted by atomic mass is 10.2. The van der Waals surface area contributed by atoms with E-state index in [2.05, 4.69) is 20.7 Å². The molecule has 0 spiro atoms. The first-order chi connectivity index (χ1) is 13.0. The second kappa shape index (κ2) is 8.27. The molecule has 7 heteroatoms. The van der Waals surface area contributed by atoms with Gasteiger partial charge in [-0.25, -0.2) is 4.68 Å². The summed E-state index contributed by atoms with van der Waals surface area (Å²) in [4.78, 5) is 28.6. The molecule has 0 aliphatic carbocycles. The van der Waals surface area contributed by atoms with E-state index >= 15 is 0 Å². The number of amides is 2. The molecule has 2 heterocycles. The summed E-state index contributed by atoms with van der Waals surface area (Å²) in [5.41, 5.74) is 1.92. The van der Waals surface area contributed by atoms with Crippen molar-refractivity contribution in [2.45, 2.75) is 20.4 Å². The highest BCUT2D eigenvalue weighted by atomic mass is 16.2. The molecule has 0 saturated heterocycles. The third kappa shape index (κ3) is 4.58. The number of rotatable bonds is 6. The Bertz CT molecular complexity index is 920. The van der Waals surface area contributed by atoms with E-state index < -0.39 is 0 Å². The molecule has 0 aliphatic heterocycles. The zero-order valence-electron chi connectivity index (χ0n) is 15.2. The lowest BCUT2D eigenvalue weighted by Crippen LogP contribution is -2.23. The second-order valence-corrected chi connectivity index (χ2v) is 6.34. The minimum atomic E-state index is -0.318. The number of nitrogens with zero attached hydrogens (tertiary/aromatic N) is 3. The molecule has 0 aliphatic rings. The highest BCUT2D eigenvalue weighted by molar-refractivity contribution is 5.96. The Morgan fingerprint density at radius 2 is 1.78 bits per heavy atom. The van der Waals surface area contributed by atoms with Crippen LogP contribution in [0.25, 0.3) is 5.69 Å². The first-order valence-corrected chi connectivity index (χ1v) is 8.68. The summed E-state index contributed by atoms with van der Waals surface area (Å²) in [6.07, 6.45) is 3.34. The van der Waals surface area contributed by atoms with Gasteiger partial charge in [0.1, 0.15) is 5.82 Å². The Kier molecular flexibility index (Phi) is 5.61. The molecule has 2 amide bonds. The lowest BCUT2D eigenvalue weighted by molar-refractivity contribution is -0.118. The summed E-state index contributed by atoms with van der Waals surface area (Å²) in [5.74, 6) is -0.195. The number of hydrogen-bond donors (Lipinski definition) is 2. The molecule has 2 aromatic heterocycles. The molecule has 3 aromatic rings. The molecule has 0 unspecified atom stereocenters. The van der Waals surface area contributed by atoms with Crippen LogP contribution in [0.4, 0.5) is 5.82 Å². The van der Waals surface area contributed by atoms with Crippen LogP contribution in [0.15, 0.2) is 60.9 Å². The van der Waals surface area contributed by atoms with Crippen LogP contribution in [0.1, 0.15) is 29.9 Å². The Morgan fingerprint density at radius 1 is 1.07 bits per heavy atom. The van der Waals surface area contributed by atoms with E-state index in [1.165, 1.54) is 0 Å².